The topological polar surface area (TPSA) is 70.2 Å². The van der Waals surface area contributed by atoms with Crippen LogP contribution in [0.4, 0.5) is 11.4 Å². The number of hydrogen-bond acceptors (Lipinski definition) is 5. The highest BCUT2D eigenvalue weighted by Gasteiger charge is 2.32. The van der Waals surface area contributed by atoms with Crippen molar-refractivity contribution in [3.05, 3.63) is 83.4 Å². The van der Waals surface area contributed by atoms with Gasteiger partial charge in [0.1, 0.15) is 12.3 Å². The third kappa shape index (κ3) is 5.55. The smallest absolute Gasteiger partial charge is 0.264 e. The van der Waals surface area contributed by atoms with Crippen molar-refractivity contribution < 1.29 is 17.9 Å². The van der Waals surface area contributed by atoms with Gasteiger partial charge in [-0.3, -0.25) is 9.10 Å². The highest BCUT2D eigenvalue weighted by molar-refractivity contribution is 7.92. The van der Waals surface area contributed by atoms with Gasteiger partial charge < -0.3 is 14.5 Å². The summed E-state index contributed by atoms with van der Waals surface area (Å²) in [5, 5.41) is 0.662. The Morgan fingerprint density at radius 2 is 1.66 bits per heavy atom. The summed E-state index contributed by atoms with van der Waals surface area (Å²) >= 11 is 6.12. The fraction of sp³-hybridized carbons (Fsp3) is 0.269. The van der Waals surface area contributed by atoms with Crippen LogP contribution in [0.2, 0.25) is 5.02 Å². The predicted octanol–water partition coefficient (Wildman–Crippen LogP) is 4.20. The number of amides is 1. The van der Waals surface area contributed by atoms with Crippen molar-refractivity contribution in [2.75, 3.05) is 49.0 Å². The lowest BCUT2D eigenvalue weighted by molar-refractivity contribution is -0.129. The molecule has 0 unspecified atom stereocenters. The van der Waals surface area contributed by atoms with Crippen LogP contribution in [0.5, 0.6) is 5.75 Å². The molecule has 0 aliphatic carbocycles. The molecule has 1 fully saturated rings. The number of nitrogens with zero attached hydrogens (tertiary/aromatic N) is 3. The van der Waals surface area contributed by atoms with E-state index in [1.165, 1.54) is 7.11 Å². The molecule has 1 amide bonds. The molecular weight excluding hydrogens is 486 g/mol. The van der Waals surface area contributed by atoms with Gasteiger partial charge in [0.05, 0.1) is 17.7 Å². The lowest BCUT2D eigenvalue weighted by atomic mass is 10.2. The average Bonchev–Trinajstić information content (AvgIpc) is 2.87. The Labute approximate surface area is 211 Å². The minimum atomic E-state index is -4.01. The van der Waals surface area contributed by atoms with E-state index in [2.05, 4.69) is 4.90 Å². The first-order chi connectivity index (χ1) is 16.8. The highest BCUT2D eigenvalue weighted by atomic mass is 35.5. The molecule has 0 radical (unpaired) electrons. The predicted molar refractivity (Wildman–Crippen MR) is 139 cm³/mol. The average molecular weight is 514 g/mol. The van der Waals surface area contributed by atoms with E-state index in [1.54, 1.807) is 53.4 Å². The van der Waals surface area contributed by atoms with E-state index in [-0.39, 0.29) is 17.3 Å². The molecule has 0 bridgehead atoms. The normalized spacial score (nSPS) is 14.0. The zero-order valence-corrected chi connectivity index (χ0v) is 21.3. The largest absolute Gasteiger partial charge is 0.495 e. The van der Waals surface area contributed by atoms with E-state index in [9.17, 15) is 13.2 Å². The first-order valence-electron chi connectivity index (χ1n) is 11.3. The van der Waals surface area contributed by atoms with Crippen molar-refractivity contribution in [3.63, 3.8) is 0 Å². The highest BCUT2D eigenvalue weighted by Crippen LogP contribution is 2.32. The third-order valence-electron chi connectivity index (χ3n) is 6.05. The number of sulfonamides is 1. The summed E-state index contributed by atoms with van der Waals surface area (Å²) in [5.74, 6) is 0.110. The van der Waals surface area contributed by atoms with Gasteiger partial charge in [-0.2, -0.15) is 0 Å². The van der Waals surface area contributed by atoms with Crippen LogP contribution in [0.15, 0.2) is 77.7 Å². The van der Waals surface area contributed by atoms with Crippen LogP contribution in [0.1, 0.15) is 5.56 Å². The number of benzene rings is 3. The Morgan fingerprint density at radius 3 is 2.31 bits per heavy atom. The number of carbonyl (C=O) groups is 1. The fourth-order valence-corrected chi connectivity index (χ4v) is 5.69. The van der Waals surface area contributed by atoms with Crippen LogP contribution in [0.25, 0.3) is 0 Å². The Kier molecular flexibility index (Phi) is 7.52. The molecular formula is C26H28ClN3O4S. The Bertz CT molecular complexity index is 1290. The molecule has 9 heteroatoms. The molecule has 0 saturated carbocycles. The molecule has 0 N–H and O–H groups in total. The summed E-state index contributed by atoms with van der Waals surface area (Å²) in [4.78, 5) is 17.3. The van der Waals surface area contributed by atoms with Crippen molar-refractivity contribution in [1.29, 1.82) is 0 Å². The lowest BCUT2D eigenvalue weighted by Gasteiger charge is -2.37. The molecule has 1 aliphatic rings. The first-order valence-corrected chi connectivity index (χ1v) is 13.1. The molecule has 4 rings (SSSR count). The number of anilines is 2. The maximum Gasteiger partial charge on any atom is 0.264 e. The van der Waals surface area contributed by atoms with Crippen molar-refractivity contribution in [2.24, 2.45) is 0 Å². The minimum Gasteiger partial charge on any atom is -0.495 e. The van der Waals surface area contributed by atoms with E-state index in [0.29, 0.717) is 42.6 Å². The number of ether oxygens (including phenoxy) is 1. The van der Waals surface area contributed by atoms with Gasteiger partial charge in [-0.05, 0) is 49.4 Å². The molecule has 3 aromatic carbocycles. The van der Waals surface area contributed by atoms with E-state index in [1.807, 2.05) is 31.2 Å². The first kappa shape index (κ1) is 24.9. The molecule has 3 aromatic rings. The quantitative estimate of drug-likeness (QED) is 0.473. The van der Waals surface area contributed by atoms with E-state index in [4.69, 9.17) is 16.3 Å². The Hall–Kier alpha value is -3.23. The SMILES string of the molecule is COc1ccccc1N(CC(=O)N1CCN(c2cccc(Cl)c2)CC1)S(=O)(=O)c1ccc(C)cc1. The van der Waals surface area contributed by atoms with Crippen LogP contribution in [0.3, 0.4) is 0 Å². The Morgan fingerprint density at radius 1 is 0.971 bits per heavy atom. The van der Waals surface area contributed by atoms with Gasteiger partial charge in [0.25, 0.3) is 10.0 Å². The summed E-state index contributed by atoms with van der Waals surface area (Å²) in [6.07, 6.45) is 0. The van der Waals surface area contributed by atoms with Gasteiger partial charge in [0.2, 0.25) is 5.91 Å². The number of methoxy groups -OCH3 is 1. The lowest BCUT2D eigenvalue weighted by Crippen LogP contribution is -2.52. The summed E-state index contributed by atoms with van der Waals surface area (Å²) in [6.45, 7) is 3.79. The fourth-order valence-electron chi connectivity index (χ4n) is 4.08. The number of piperazine rings is 1. The number of aryl methyl sites for hydroxylation is 1. The third-order valence-corrected chi connectivity index (χ3v) is 8.06. The molecule has 1 aliphatic heterocycles. The van der Waals surface area contributed by atoms with Crippen LogP contribution in [-0.4, -0.2) is 59.1 Å². The van der Waals surface area contributed by atoms with Crippen molar-refractivity contribution in [1.82, 2.24) is 4.90 Å². The summed E-state index contributed by atoms with van der Waals surface area (Å²) in [5.41, 5.74) is 2.27. The summed E-state index contributed by atoms with van der Waals surface area (Å²) < 4.78 is 33.9. The van der Waals surface area contributed by atoms with E-state index >= 15 is 0 Å². The molecule has 0 spiro atoms. The number of halogens is 1. The maximum atomic E-state index is 13.7. The molecule has 0 atom stereocenters. The second kappa shape index (κ2) is 10.6. The molecule has 7 nitrogen and oxygen atoms in total. The van der Waals surface area contributed by atoms with Gasteiger partial charge >= 0.3 is 0 Å². The standard InChI is InChI=1S/C26H28ClN3O4S/c1-20-10-12-23(13-11-20)35(32,33)30(24-8-3-4-9-25(24)34-2)19-26(31)29-16-14-28(15-17-29)22-7-5-6-21(27)18-22/h3-13,18H,14-17,19H2,1-2H3. The maximum absolute atomic E-state index is 13.7. The number of para-hydroxylation sites is 2. The van der Waals surface area contributed by atoms with Crippen molar-refractivity contribution in [3.8, 4) is 5.75 Å². The van der Waals surface area contributed by atoms with Gasteiger partial charge in [-0.1, -0.05) is 47.5 Å². The van der Waals surface area contributed by atoms with Gasteiger partial charge in [-0.25, -0.2) is 8.42 Å². The van der Waals surface area contributed by atoms with Crippen molar-refractivity contribution >= 4 is 38.9 Å². The number of rotatable bonds is 7. The molecule has 1 saturated heterocycles. The monoisotopic (exact) mass is 513 g/mol. The van der Waals surface area contributed by atoms with Crippen LogP contribution >= 0.6 is 11.6 Å². The van der Waals surface area contributed by atoms with Crippen LogP contribution in [-0.2, 0) is 14.8 Å². The van der Waals surface area contributed by atoms with Gasteiger partial charge in [0.15, 0.2) is 0 Å². The number of carbonyl (C=O) groups excluding carboxylic acids is 1. The summed E-state index contributed by atoms with van der Waals surface area (Å²) in [7, 11) is -2.54. The van der Waals surface area contributed by atoms with E-state index < -0.39 is 10.0 Å². The molecule has 35 heavy (non-hydrogen) atoms. The molecule has 0 aromatic heterocycles. The summed E-state index contributed by atoms with van der Waals surface area (Å²) in [6, 6.07) is 21.0. The minimum absolute atomic E-state index is 0.118. The van der Waals surface area contributed by atoms with Crippen LogP contribution in [0, 0.1) is 6.92 Å². The second-order valence-electron chi connectivity index (χ2n) is 8.34. The Balaban J connectivity index is 1.57. The van der Waals surface area contributed by atoms with E-state index in [0.717, 1.165) is 15.6 Å². The van der Waals surface area contributed by atoms with Crippen LogP contribution < -0.4 is 13.9 Å². The molecule has 1 heterocycles. The van der Waals surface area contributed by atoms with Gasteiger partial charge in [-0.15, -0.1) is 0 Å². The second-order valence-corrected chi connectivity index (χ2v) is 10.6. The van der Waals surface area contributed by atoms with Gasteiger partial charge in [0, 0.05) is 36.9 Å². The molecule has 184 valence electrons. The van der Waals surface area contributed by atoms with Crippen molar-refractivity contribution in [2.45, 2.75) is 11.8 Å². The zero-order valence-electron chi connectivity index (χ0n) is 19.7. The number of hydrogen-bond donors (Lipinski definition) is 0. The zero-order chi connectivity index (χ0) is 25.0.